The fourth-order valence-electron chi connectivity index (χ4n) is 5.99. The molecule has 2 saturated heterocycles. The van der Waals surface area contributed by atoms with Gasteiger partial charge in [-0.1, -0.05) is 12.1 Å². The van der Waals surface area contributed by atoms with Gasteiger partial charge in [0.2, 0.25) is 5.91 Å². The topological polar surface area (TPSA) is 113 Å². The lowest BCUT2D eigenvalue weighted by Gasteiger charge is -2.34. The summed E-state index contributed by atoms with van der Waals surface area (Å²) < 4.78 is 14.7. The summed E-state index contributed by atoms with van der Waals surface area (Å²) in [5.74, 6) is 1.65. The van der Waals surface area contributed by atoms with Crippen LogP contribution in [0.15, 0.2) is 61.1 Å². The van der Waals surface area contributed by atoms with Crippen molar-refractivity contribution in [2.75, 3.05) is 44.7 Å². The molecule has 230 valence electrons. The van der Waals surface area contributed by atoms with Crippen LogP contribution in [0.25, 0.3) is 16.8 Å². The molecule has 0 spiro atoms. The van der Waals surface area contributed by atoms with Gasteiger partial charge in [-0.2, -0.15) is 5.10 Å². The Labute approximate surface area is 269 Å². The van der Waals surface area contributed by atoms with Crippen molar-refractivity contribution in [1.29, 1.82) is 0 Å². The number of pyridine rings is 2. The third-order valence-electron chi connectivity index (χ3n) is 8.72. The number of rotatable bonds is 8. The van der Waals surface area contributed by atoms with E-state index in [9.17, 15) is 14.7 Å². The number of hydrogen-bond acceptors (Lipinski definition) is 7. The number of likely N-dealkylation sites (tertiary alicyclic amines) is 1. The third kappa shape index (κ3) is 5.99. The first-order valence-corrected chi connectivity index (χ1v) is 15.8. The van der Waals surface area contributed by atoms with Crippen LogP contribution in [0.5, 0.6) is 11.5 Å². The number of hydrogen-bond donors (Lipinski definition) is 1. The van der Waals surface area contributed by atoms with E-state index in [1.807, 2.05) is 77.4 Å². The smallest absolute Gasteiger partial charge is 0.407 e. The van der Waals surface area contributed by atoms with Crippen molar-refractivity contribution in [3.8, 4) is 22.8 Å². The molecule has 4 aromatic rings. The zero-order chi connectivity index (χ0) is 31.0. The lowest BCUT2D eigenvalue weighted by atomic mass is 10.0. The van der Waals surface area contributed by atoms with Crippen molar-refractivity contribution in [1.82, 2.24) is 24.4 Å². The van der Waals surface area contributed by atoms with Crippen LogP contribution in [0.4, 0.5) is 10.5 Å². The van der Waals surface area contributed by atoms with Crippen molar-refractivity contribution >= 4 is 45.8 Å². The number of amides is 2. The van der Waals surface area contributed by atoms with Gasteiger partial charge < -0.3 is 29.3 Å². The molecule has 3 aromatic heterocycles. The molecule has 2 aliphatic heterocycles. The molecule has 12 heteroatoms. The summed E-state index contributed by atoms with van der Waals surface area (Å²) in [7, 11) is 1.64. The highest BCUT2D eigenvalue weighted by atomic mass is 127. The van der Waals surface area contributed by atoms with Crippen LogP contribution in [0.2, 0.25) is 0 Å². The number of benzene rings is 1. The van der Waals surface area contributed by atoms with Crippen LogP contribution in [0, 0.1) is 9.49 Å². The Morgan fingerprint density at radius 3 is 2.48 bits per heavy atom. The molecule has 2 aliphatic rings. The molecule has 0 radical (unpaired) electrons. The molecule has 1 aromatic carbocycles. The Morgan fingerprint density at radius 1 is 1.07 bits per heavy atom. The number of methoxy groups -OCH3 is 1. The molecule has 6 rings (SSSR count). The van der Waals surface area contributed by atoms with Crippen molar-refractivity contribution in [2.24, 2.45) is 5.92 Å². The van der Waals surface area contributed by atoms with Crippen LogP contribution in [-0.4, -0.2) is 87.4 Å². The Morgan fingerprint density at radius 2 is 1.82 bits per heavy atom. The largest absolute Gasteiger partial charge is 0.497 e. The maximum absolute atomic E-state index is 13.1. The van der Waals surface area contributed by atoms with E-state index >= 15 is 0 Å². The van der Waals surface area contributed by atoms with Crippen molar-refractivity contribution in [3.63, 3.8) is 0 Å². The van der Waals surface area contributed by atoms with Gasteiger partial charge in [-0.3, -0.25) is 9.78 Å². The fraction of sp³-hybridized carbons (Fsp3) is 0.375. The minimum atomic E-state index is -0.880. The second kappa shape index (κ2) is 12.5. The molecule has 1 N–H and O–H groups in total. The lowest BCUT2D eigenvalue weighted by molar-refractivity contribution is -0.129. The molecule has 44 heavy (non-hydrogen) atoms. The van der Waals surface area contributed by atoms with E-state index in [0.717, 1.165) is 37.3 Å². The number of fused-ring (bicyclic) bond motifs is 1. The molecule has 0 saturated carbocycles. The summed E-state index contributed by atoms with van der Waals surface area (Å²) in [5.41, 5.74) is 4.54. The van der Waals surface area contributed by atoms with E-state index in [1.165, 1.54) is 4.90 Å². The number of ether oxygens (including phenoxy) is 2. The van der Waals surface area contributed by atoms with Crippen LogP contribution >= 0.6 is 22.6 Å². The van der Waals surface area contributed by atoms with E-state index in [2.05, 4.69) is 39.5 Å². The van der Waals surface area contributed by atoms with Crippen molar-refractivity contribution in [2.45, 2.75) is 32.4 Å². The quantitative estimate of drug-likeness (QED) is 0.249. The number of carbonyl (C=O) groups excluding carboxylic acids is 1. The predicted octanol–water partition coefficient (Wildman–Crippen LogP) is 5.19. The van der Waals surface area contributed by atoms with Crippen LogP contribution in [0.3, 0.4) is 0 Å². The van der Waals surface area contributed by atoms with Gasteiger partial charge in [-0.05, 0) is 72.3 Å². The minimum Gasteiger partial charge on any atom is -0.497 e. The van der Waals surface area contributed by atoms with Gasteiger partial charge in [0.1, 0.15) is 23.1 Å². The summed E-state index contributed by atoms with van der Waals surface area (Å²) in [6.07, 6.45) is 4.92. The zero-order valence-electron chi connectivity index (χ0n) is 24.9. The zero-order valence-corrected chi connectivity index (χ0v) is 27.0. The van der Waals surface area contributed by atoms with Gasteiger partial charge in [-0.25, -0.2) is 9.31 Å². The van der Waals surface area contributed by atoms with Crippen molar-refractivity contribution in [3.05, 3.63) is 70.2 Å². The highest BCUT2D eigenvalue weighted by Crippen LogP contribution is 2.35. The van der Waals surface area contributed by atoms with Gasteiger partial charge in [0, 0.05) is 56.8 Å². The normalized spacial score (nSPS) is 18.5. The number of nitrogens with zero attached hydrogens (tertiary/aromatic N) is 6. The fourth-order valence-corrected chi connectivity index (χ4v) is 6.62. The summed E-state index contributed by atoms with van der Waals surface area (Å²) in [4.78, 5) is 34.6. The van der Waals surface area contributed by atoms with Crippen LogP contribution in [-0.2, 0) is 4.79 Å². The molecule has 5 heterocycles. The maximum atomic E-state index is 13.1. The number of carbonyl (C=O) groups is 2. The summed E-state index contributed by atoms with van der Waals surface area (Å²) in [6, 6.07) is 13.8. The Kier molecular flexibility index (Phi) is 8.52. The number of halogens is 1. The summed E-state index contributed by atoms with van der Waals surface area (Å²) in [5, 5.41) is 13.8. The summed E-state index contributed by atoms with van der Waals surface area (Å²) in [6.45, 7) is 6.89. The first-order valence-electron chi connectivity index (χ1n) is 14.7. The molecule has 0 aliphatic carbocycles. The lowest BCUT2D eigenvalue weighted by Crippen LogP contribution is -2.48. The first-order chi connectivity index (χ1) is 21.2. The van der Waals surface area contributed by atoms with E-state index in [0.29, 0.717) is 44.9 Å². The number of carboxylic acid groups (broad SMARTS) is 1. The molecule has 3 atom stereocenters. The predicted molar refractivity (Wildman–Crippen MR) is 174 cm³/mol. The van der Waals surface area contributed by atoms with Crippen LogP contribution in [0.1, 0.15) is 31.9 Å². The molecule has 2 amide bonds. The number of aromatic nitrogens is 3. The summed E-state index contributed by atoms with van der Waals surface area (Å²) >= 11 is 2.27. The molecule has 0 bridgehead atoms. The van der Waals surface area contributed by atoms with Gasteiger partial charge in [-0.15, -0.1) is 0 Å². The standard InChI is InChI=1S/C32H35IN6O5/c1-20(22-4-7-26(43-3)8-5-22)38-18-23(15-30(38)40)21(2)44-29-14-24(19-39-31(29)27(33)17-35-39)28-9-6-25(16-34-28)36-10-12-37(13-11-36)32(41)42/h4-9,14,16-17,19-21,23H,10-13,15,18H2,1-3H3,(H,41,42)/t20-,21-,23?/m1/s1. The highest BCUT2D eigenvalue weighted by molar-refractivity contribution is 14.1. The average Bonchev–Trinajstić information content (AvgIpc) is 3.63. The number of anilines is 1. The van der Waals surface area contributed by atoms with Gasteiger partial charge in [0.15, 0.2) is 0 Å². The van der Waals surface area contributed by atoms with E-state index in [1.54, 1.807) is 7.11 Å². The Bertz CT molecular complexity index is 1650. The minimum absolute atomic E-state index is 0.0338. The van der Waals surface area contributed by atoms with Gasteiger partial charge in [0.05, 0.1) is 40.5 Å². The van der Waals surface area contributed by atoms with Crippen molar-refractivity contribution < 1.29 is 24.2 Å². The van der Waals surface area contributed by atoms with Gasteiger partial charge in [0.25, 0.3) is 0 Å². The SMILES string of the molecule is COc1ccc([C@@H](C)N2CC([C@@H](C)Oc3cc(-c4ccc(N5CCN(C(=O)O)CC5)cn4)cn4ncc(I)c34)CC2=O)cc1. The maximum Gasteiger partial charge on any atom is 0.407 e. The van der Waals surface area contributed by atoms with E-state index in [-0.39, 0.29) is 24.0 Å². The van der Waals surface area contributed by atoms with E-state index in [4.69, 9.17) is 14.5 Å². The molecular formula is C32H35IN6O5. The Hall–Kier alpha value is -4.07. The molecule has 2 fully saturated rings. The molecule has 1 unspecified atom stereocenters. The third-order valence-corrected chi connectivity index (χ3v) is 9.51. The number of piperazine rings is 1. The monoisotopic (exact) mass is 710 g/mol. The van der Waals surface area contributed by atoms with Gasteiger partial charge >= 0.3 is 6.09 Å². The Balaban J connectivity index is 1.18. The van der Waals surface area contributed by atoms with Crippen LogP contribution < -0.4 is 14.4 Å². The average molecular weight is 711 g/mol. The molecular weight excluding hydrogens is 675 g/mol. The molecule has 11 nitrogen and oxygen atoms in total. The first kappa shape index (κ1) is 30.0. The second-order valence-electron chi connectivity index (χ2n) is 11.3. The second-order valence-corrected chi connectivity index (χ2v) is 12.5. The van der Waals surface area contributed by atoms with E-state index < -0.39 is 6.09 Å². The highest BCUT2D eigenvalue weighted by Gasteiger charge is 2.37.